The van der Waals surface area contributed by atoms with Crippen molar-refractivity contribution in [2.45, 2.75) is 0 Å². The van der Waals surface area contributed by atoms with Gasteiger partial charge in [0, 0.05) is 60.2 Å². The van der Waals surface area contributed by atoms with Gasteiger partial charge in [0.25, 0.3) is 0 Å². The first-order chi connectivity index (χ1) is 33.1. The fourth-order valence-electron chi connectivity index (χ4n) is 10.3. The number of para-hydroxylation sites is 4. The highest BCUT2D eigenvalue weighted by Gasteiger charge is 2.29. The fourth-order valence-corrected chi connectivity index (χ4v) is 10.3. The van der Waals surface area contributed by atoms with Crippen LogP contribution in [0.2, 0.25) is 0 Å². The van der Waals surface area contributed by atoms with E-state index < -0.39 is 0 Å². The summed E-state index contributed by atoms with van der Waals surface area (Å²) in [6.07, 6.45) is 0. The zero-order valence-electron chi connectivity index (χ0n) is 35.6. The van der Waals surface area contributed by atoms with E-state index in [1.807, 2.05) is 109 Å². The molecule has 0 saturated carbocycles. The summed E-state index contributed by atoms with van der Waals surface area (Å²) < 4.78 is 6.92. The summed E-state index contributed by atoms with van der Waals surface area (Å²) in [7, 11) is 0. The second-order valence-electron chi connectivity index (χ2n) is 16.7. The number of fused-ring (bicyclic) bond motifs is 13. The lowest BCUT2D eigenvalue weighted by molar-refractivity contribution is 1.16. The predicted molar refractivity (Wildman–Crippen MR) is 268 cm³/mol. The summed E-state index contributed by atoms with van der Waals surface area (Å²) in [5, 5.41) is 38.2. The van der Waals surface area contributed by atoms with E-state index in [4.69, 9.17) is 9.97 Å². The fraction of sp³-hybridized carbons (Fsp3) is 0. The molecule has 0 radical (unpaired) electrons. The third-order valence-corrected chi connectivity index (χ3v) is 13.1. The Balaban J connectivity index is 1.21. The molecule has 0 fully saturated rings. The smallest absolute Gasteiger partial charge is 0.160 e. The lowest BCUT2D eigenvalue weighted by atomic mass is 10.0. The first-order valence-electron chi connectivity index (χ1n) is 21.9. The highest BCUT2D eigenvalue weighted by molar-refractivity contribution is 6.40. The lowest BCUT2D eigenvalue weighted by Gasteiger charge is -2.15. The molecule has 308 valence electrons. The van der Waals surface area contributed by atoms with Gasteiger partial charge in [-0.2, -0.15) is 15.8 Å². The Hall–Kier alpha value is -9.81. The van der Waals surface area contributed by atoms with Gasteiger partial charge in [0.2, 0.25) is 0 Å². The molecule has 4 heterocycles. The average molecular weight is 853 g/mol. The van der Waals surface area contributed by atoms with Gasteiger partial charge in [-0.25, -0.2) is 9.97 Å². The van der Waals surface area contributed by atoms with Crippen LogP contribution in [0.3, 0.4) is 0 Å². The quantitative estimate of drug-likeness (QED) is 0.171. The minimum Gasteiger partial charge on any atom is -0.308 e. The number of hydrogen-bond acceptors (Lipinski definition) is 5. The maximum atomic E-state index is 11.3. The van der Waals surface area contributed by atoms with Gasteiger partial charge in [-0.1, -0.05) is 109 Å². The van der Waals surface area contributed by atoms with E-state index in [-0.39, 0.29) is 0 Å². The number of hydrogen-bond donors (Lipinski definition) is 0. The Morgan fingerprint density at radius 2 is 0.836 bits per heavy atom. The molecule has 9 aromatic carbocycles. The molecule has 0 bridgehead atoms. The highest BCUT2D eigenvalue weighted by atomic mass is 15.0. The zero-order valence-corrected chi connectivity index (χ0v) is 35.6. The molecule has 8 nitrogen and oxygen atoms in total. The van der Waals surface area contributed by atoms with Crippen LogP contribution in [0.15, 0.2) is 194 Å². The van der Waals surface area contributed by atoms with Crippen LogP contribution in [-0.2, 0) is 0 Å². The third kappa shape index (κ3) is 5.50. The highest BCUT2D eigenvalue weighted by Crippen LogP contribution is 2.50. The minimum atomic E-state index is 0.487. The number of benzene rings is 9. The normalized spacial score (nSPS) is 11.5. The predicted octanol–water partition coefficient (Wildman–Crippen LogP) is 13.9. The second kappa shape index (κ2) is 14.6. The molecule has 13 aromatic rings. The Labute approximate surface area is 382 Å². The molecule has 4 aromatic heterocycles. The van der Waals surface area contributed by atoms with E-state index in [1.165, 1.54) is 0 Å². The van der Waals surface area contributed by atoms with Gasteiger partial charge in [-0.05, 0) is 84.9 Å². The Kier molecular flexibility index (Phi) is 8.23. The van der Waals surface area contributed by atoms with E-state index in [2.05, 4.69) is 117 Å². The Morgan fingerprint density at radius 1 is 0.373 bits per heavy atom. The van der Waals surface area contributed by atoms with Crippen LogP contribution in [0.25, 0.3) is 116 Å². The monoisotopic (exact) mass is 852 g/mol. The molecule has 0 aliphatic rings. The topological polar surface area (TPSA) is 112 Å². The first-order valence-corrected chi connectivity index (χ1v) is 21.9. The molecule has 0 amide bonds. The second-order valence-corrected chi connectivity index (χ2v) is 16.7. The Bertz CT molecular complexity index is 4250. The van der Waals surface area contributed by atoms with Gasteiger partial charge in [-0.15, -0.1) is 0 Å². The molecular formula is C59H32N8. The van der Waals surface area contributed by atoms with E-state index in [9.17, 15) is 15.8 Å². The van der Waals surface area contributed by atoms with Crippen LogP contribution in [0.5, 0.6) is 0 Å². The van der Waals surface area contributed by atoms with E-state index in [0.29, 0.717) is 22.5 Å². The number of nitriles is 3. The maximum Gasteiger partial charge on any atom is 0.160 e. The maximum absolute atomic E-state index is 11.3. The SMILES string of the molecule is N#Cc1ccc(-n2c3ccccc3c3c2c2c4ccccc4n(-c4ccc(-c5nc(-c6ccccc6)nc6ccccc56)cc4C#N)c2c2c4ccccc4n(-c4ccc(C#N)cc4)c32)cc1. The van der Waals surface area contributed by atoms with Crippen LogP contribution < -0.4 is 0 Å². The van der Waals surface area contributed by atoms with Crippen molar-refractivity contribution in [1.29, 1.82) is 15.8 Å². The van der Waals surface area contributed by atoms with Gasteiger partial charge in [0.1, 0.15) is 6.07 Å². The molecule has 0 atom stereocenters. The summed E-state index contributed by atoms with van der Waals surface area (Å²) in [4.78, 5) is 10.1. The number of rotatable bonds is 5. The van der Waals surface area contributed by atoms with Crippen molar-refractivity contribution in [2.75, 3.05) is 0 Å². The van der Waals surface area contributed by atoms with Crippen molar-refractivity contribution in [1.82, 2.24) is 23.7 Å². The standard InChI is InChI=1S/C59H32N8/c60-33-36-22-27-41(28-23-36)65-49-19-9-5-15-44(49)52-56-53(45-16-6-10-20-50(45)66(56)42-29-24-37(34-61)25-30-42)58-54(57(52)65)46-17-7-11-21-51(46)67(58)48-31-26-39(32-40(48)35-62)55-43-14-4-8-18-47(43)63-59(64-55)38-12-2-1-3-13-38/h1-32H. The van der Waals surface area contributed by atoms with Gasteiger partial charge < -0.3 is 13.7 Å². The zero-order chi connectivity index (χ0) is 44.8. The average Bonchev–Trinajstić information content (AvgIpc) is 4.04. The molecule has 13 rings (SSSR count). The van der Waals surface area contributed by atoms with Crippen LogP contribution in [0, 0.1) is 34.0 Å². The van der Waals surface area contributed by atoms with Crippen molar-refractivity contribution in [2.24, 2.45) is 0 Å². The minimum absolute atomic E-state index is 0.487. The number of nitrogens with zero attached hydrogens (tertiary/aromatic N) is 8. The van der Waals surface area contributed by atoms with E-state index in [1.54, 1.807) is 0 Å². The van der Waals surface area contributed by atoms with Gasteiger partial charge in [-0.3, -0.25) is 0 Å². The molecule has 8 heteroatoms. The van der Waals surface area contributed by atoms with Crippen LogP contribution in [-0.4, -0.2) is 23.7 Å². The molecule has 0 unspecified atom stereocenters. The van der Waals surface area contributed by atoms with Crippen LogP contribution in [0.4, 0.5) is 0 Å². The summed E-state index contributed by atoms with van der Waals surface area (Å²) in [5.41, 5.74) is 13.4. The molecule has 0 aliphatic carbocycles. The number of aromatic nitrogens is 5. The van der Waals surface area contributed by atoms with E-state index >= 15 is 0 Å². The largest absolute Gasteiger partial charge is 0.308 e. The van der Waals surface area contributed by atoms with Crippen LogP contribution >= 0.6 is 0 Å². The van der Waals surface area contributed by atoms with Crippen LogP contribution in [0.1, 0.15) is 16.7 Å². The summed E-state index contributed by atoms with van der Waals surface area (Å²) >= 11 is 0. The lowest BCUT2D eigenvalue weighted by Crippen LogP contribution is -2.01. The third-order valence-electron chi connectivity index (χ3n) is 13.1. The summed E-state index contributed by atoms with van der Waals surface area (Å²) in [6.45, 7) is 0. The van der Waals surface area contributed by atoms with Crippen molar-refractivity contribution in [3.63, 3.8) is 0 Å². The van der Waals surface area contributed by atoms with Crippen molar-refractivity contribution in [3.05, 3.63) is 211 Å². The first kappa shape index (κ1) is 37.7. The van der Waals surface area contributed by atoms with E-state index in [0.717, 1.165) is 110 Å². The van der Waals surface area contributed by atoms with Gasteiger partial charge in [0.05, 0.1) is 78.8 Å². The molecule has 0 N–H and O–H groups in total. The summed E-state index contributed by atoms with van der Waals surface area (Å²) in [6, 6.07) is 72.3. The molecule has 0 aliphatic heterocycles. The van der Waals surface area contributed by atoms with Crippen molar-refractivity contribution in [3.8, 4) is 57.9 Å². The summed E-state index contributed by atoms with van der Waals surface area (Å²) in [5.74, 6) is 0.613. The van der Waals surface area contributed by atoms with Crippen molar-refractivity contribution >= 4 is 76.3 Å². The van der Waals surface area contributed by atoms with Gasteiger partial charge in [0.15, 0.2) is 5.82 Å². The Morgan fingerprint density at radius 3 is 1.36 bits per heavy atom. The van der Waals surface area contributed by atoms with Gasteiger partial charge >= 0.3 is 0 Å². The molecular weight excluding hydrogens is 821 g/mol. The van der Waals surface area contributed by atoms with Crippen molar-refractivity contribution < 1.29 is 0 Å². The molecule has 0 saturated heterocycles. The molecule has 0 spiro atoms. The molecule has 67 heavy (non-hydrogen) atoms.